The van der Waals surface area contributed by atoms with Gasteiger partial charge in [-0.1, -0.05) is 48.9 Å². The molecule has 1 atom stereocenters. The zero-order valence-corrected chi connectivity index (χ0v) is 23.9. The number of para-hydroxylation sites is 2. The third-order valence-corrected chi connectivity index (χ3v) is 9.27. The number of carbonyl (C=O) groups excluding carboxylic acids is 2. The maximum Gasteiger partial charge on any atom is 0.265 e. The standard InChI is InChI=1S/C31H35N3O6S/c1-23-20-25(41(37,38)33-18-8-3-9-19-33)14-15-27(23)39-22-30(35)34-21-29(40-28-13-7-6-12-26(28)34)31(36)32-17-16-24-10-4-2-5-11-24/h2,4-7,10-15,20,29H,3,8-9,16-19,21-22H2,1H3,(H,32,36). The van der Waals surface area contributed by atoms with E-state index in [4.69, 9.17) is 9.47 Å². The van der Waals surface area contributed by atoms with Crippen LogP contribution in [0, 0.1) is 6.92 Å². The van der Waals surface area contributed by atoms with Gasteiger partial charge in [-0.05, 0) is 67.6 Å². The van der Waals surface area contributed by atoms with Crippen LogP contribution >= 0.6 is 0 Å². The minimum atomic E-state index is -3.57. The first-order valence-electron chi connectivity index (χ1n) is 13.9. The van der Waals surface area contributed by atoms with E-state index in [0.29, 0.717) is 48.8 Å². The number of piperidine rings is 1. The van der Waals surface area contributed by atoms with E-state index in [-0.39, 0.29) is 29.9 Å². The predicted molar refractivity (Wildman–Crippen MR) is 156 cm³/mol. The highest BCUT2D eigenvalue weighted by atomic mass is 32.2. The number of nitrogens with zero attached hydrogens (tertiary/aromatic N) is 2. The van der Waals surface area contributed by atoms with Gasteiger partial charge in [-0.3, -0.25) is 9.59 Å². The number of aryl methyl sites for hydroxylation is 1. The summed E-state index contributed by atoms with van der Waals surface area (Å²) >= 11 is 0. The minimum absolute atomic E-state index is 0.0440. The van der Waals surface area contributed by atoms with Gasteiger partial charge in [-0.25, -0.2) is 8.42 Å². The molecule has 9 nitrogen and oxygen atoms in total. The van der Waals surface area contributed by atoms with Crippen molar-refractivity contribution in [3.63, 3.8) is 0 Å². The van der Waals surface area contributed by atoms with Crippen molar-refractivity contribution in [2.45, 2.75) is 43.6 Å². The smallest absolute Gasteiger partial charge is 0.265 e. The highest BCUT2D eigenvalue weighted by Crippen LogP contribution is 2.33. The summed E-state index contributed by atoms with van der Waals surface area (Å²) in [5, 5.41) is 2.91. The van der Waals surface area contributed by atoms with Gasteiger partial charge >= 0.3 is 0 Å². The van der Waals surface area contributed by atoms with Crippen LogP contribution in [-0.2, 0) is 26.0 Å². The van der Waals surface area contributed by atoms with Crippen LogP contribution in [0.25, 0.3) is 0 Å². The van der Waals surface area contributed by atoms with E-state index in [2.05, 4.69) is 5.32 Å². The number of anilines is 1. The Morgan fingerprint density at radius 3 is 2.46 bits per heavy atom. The molecule has 0 radical (unpaired) electrons. The van der Waals surface area contributed by atoms with E-state index < -0.39 is 16.1 Å². The fraction of sp³-hybridized carbons (Fsp3) is 0.355. The number of sulfonamides is 1. The van der Waals surface area contributed by atoms with Crippen molar-refractivity contribution < 1.29 is 27.5 Å². The lowest BCUT2D eigenvalue weighted by Crippen LogP contribution is -2.52. The molecule has 2 amide bonds. The number of ether oxygens (including phenoxy) is 2. The molecule has 2 aliphatic heterocycles. The highest BCUT2D eigenvalue weighted by Gasteiger charge is 2.34. The molecule has 0 bridgehead atoms. The second kappa shape index (κ2) is 12.7. The molecule has 2 heterocycles. The van der Waals surface area contributed by atoms with Gasteiger partial charge in [0.15, 0.2) is 12.7 Å². The molecule has 0 aliphatic carbocycles. The summed E-state index contributed by atoms with van der Waals surface area (Å²) in [6.45, 7) is 3.03. The highest BCUT2D eigenvalue weighted by molar-refractivity contribution is 7.89. The molecular weight excluding hydrogens is 542 g/mol. The van der Waals surface area contributed by atoms with Crippen molar-refractivity contribution in [1.82, 2.24) is 9.62 Å². The Morgan fingerprint density at radius 2 is 1.71 bits per heavy atom. The summed E-state index contributed by atoms with van der Waals surface area (Å²) in [6, 6.07) is 21.7. The van der Waals surface area contributed by atoms with Crippen molar-refractivity contribution in [2.24, 2.45) is 0 Å². The summed E-state index contributed by atoms with van der Waals surface area (Å²) in [4.78, 5) is 28.0. The van der Waals surface area contributed by atoms with Gasteiger partial charge in [0.05, 0.1) is 17.1 Å². The Balaban J connectivity index is 1.22. The lowest BCUT2D eigenvalue weighted by molar-refractivity contribution is -0.128. The molecule has 1 fully saturated rings. The van der Waals surface area contributed by atoms with Crippen LogP contribution in [0.2, 0.25) is 0 Å². The van der Waals surface area contributed by atoms with E-state index in [1.54, 1.807) is 43.3 Å². The van der Waals surface area contributed by atoms with Gasteiger partial charge in [0.25, 0.3) is 11.8 Å². The number of fused-ring (bicyclic) bond motifs is 1. The van der Waals surface area contributed by atoms with Crippen molar-refractivity contribution in [1.29, 1.82) is 0 Å². The first kappa shape index (κ1) is 28.6. The van der Waals surface area contributed by atoms with E-state index >= 15 is 0 Å². The van der Waals surface area contributed by atoms with Gasteiger partial charge < -0.3 is 19.7 Å². The van der Waals surface area contributed by atoms with Gasteiger partial charge in [0.1, 0.15) is 11.5 Å². The Labute approximate surface area is 241 Å². The van der Waals surface area contributed by atoms with Crippen LogP contribution in [0.5, 0.6) is 11.5 Å². The van der Waals surface area contributed by atoms with Crippen LogP contribution in [0.4, 0.5) is 5.69 Å². The molecule has 1 N–H and O–H groups in total. The number of amides is 2. The average molecular weight is 578 g/mol. The van der Waals surface area contributed by atoms with Crippen molar-refractivity contribution >= 4 is 27.5 Å². The maximum atomic E-state index is 13.4. The zero-order valence-electron chi connectivity index (χ0n) is 23.1. The number of hydrogen-bond acceptors (Lipinski definition) is 6. The normalized spacial score (nSPS) is 17.3. The lowest BCUT2D eigenvalue weighted by atomic mass is 10.1. The van der Waals surface area contributed by atoms with E-state index in [9.17, 15) is 18.0 Å². The molecule has 216 valence electrons. The zero-order chi connectivity index (χ0) is 28.8. The van der Waals surface area contributed by atoms with Crippen molar-refractivity contribution in [2.75, 3.05) is 37.7 Å². The van der Waals surface area contributed by atoms with E-state index in [1.807, 2.05) is 30.3 Å². The van der Waals surface area contributed by atoms with Crippen LogP contribution in [-0.4, -0.2) is 63.4 Å². The van der Waals surface area contributed by atoms with Crippen LogP contribution in [0.15, 0.2) is 77.7 Å². The molecule has 5 rings (SSSR count). The number of benzene rings is 3. The molecule has 1 saturated heterocycles. The van der Waals surface area contributed by atoms with Crippen molar-refractivity contribution in [3.05, 3.63) is 83.9 Å². The number of hydrogen-bond donors (Lipinski definition) is 1. The molecule has 0 spiro atoms. The average Bonchev–Trinajstić information content (AvgIpc) is 3.00. The van der Waals surface area contributed by atoms with Crippen LogP contribution in [0.1, 0.15) is 30.4 Å². The SMILES string of the molecule is Cc1cc(S(=O)(=O)N2CCCCC2)ccc1OCC(=O)N1CC(C(=O)NCCc2ccccc2)Oc2ccccc21. The Kier molecular flexibility index (Phi) is 8.90. The molecule has 2 aliphatic rings. The molecule has 10 heteroatoms. The number of carbonyl (C=O) groups is 2. The second-order valence-corrected chi connectivity index (χ2v) is 12.2. The Hall–Kier alpha value is -3.89. The quantitative estimate of drug-likeness (QED) is 0.416. The number of rotatable bonds is 9. The molecule has 0 saturated carbocycles. The molecular formula is C31H35N3O6S. The third kappa shape index (κ3) is 6.71. The molecule has 1 unspecified atom stereocenters. The van der Waals surface area contributed by atoms with Gasteiger partial charge in [0.2, 0.25) is 10.0 Å². The maximum absolute atomic E-state index is 13.4. The van der Waals surface area contributed by atoms with Crippen molar-refractivity contribution in [3.8, 4) is 11.5 Å². The molecule has 41 heavy (non-hydrogen) atoms. The first-order valence-corrected chi connectivity index (χ1v) is 15.4. The summed E-state index contributed by atoms with van der Waals surface area (Å²) in [7, 11) is -3.57. The second-order valence-electron chi connectivity index (χ2n) is 10.3. The molecule has 3 aromatic rings. The van der Waals surface area contributed by atoms with Gasteiger partial charge in [-0.15, -0.1) is 0 Å². The Morgan fingerprint density at radius 1 is 0.976 bits per heavy atom. The monoisotopic (exact) mass is 577 g/mol. The number of nitrogens with one attached hydrogen (secondary N) is 1. The van der Waals surface area contributed by atoms with Gasteiger partial charge in [0, 0.05) is 19.6 Å². The van der Waals surface area contributed by atoms with Crippen LogP contribution in [0.3, 0.4) is 0 Å². The Bertz CT molecular complexity index is 1490. The minimum Gasteiger partial charge on any atom is -0.483 e. The summed E-state index contributed by atoms with van der Waals surface area (Å²) in [6.07, 6.45) is 2.58. The topological polar surface area (TPSA) is 105 Å². The van der Waals surface area contributed by atoms with Crippen LogP contribution < -0.4 is 19.7 Å². The molecule has 3 aromatic carbocycles. The predicted octanol–water partition coefficient (Wildman–Crippen LogP) is 3.70. The molecule has 0 aromatic heterocycles. The summed E-state index contributed by atoms with van der Waals surface area (Å²) in [5.74, 6) is 0.231. The fourth-order valence-electron chi connectivity index (χ4n) is 5.11. The lowest BCUT2D eigenvalue weighted by Gasteiger charge is -2.34. The summed E-state index contributed by atoms with van der Waals surface area (Å²) < 4.78 is 39.4. The summed E-state index contributed by atoms with van der Waals surface area (Å²) in [5.41, 5.74) is 2.30. The first-order chi connectivity index (χ1) is 19.8. The van der Waals surface area contributed by atoms with Gasteiger partial charge in [-0.2, -0.15) is 4.31 Å². The largest absolute Gasteiger partial charge is 0.483 e. The van der Waals surface area contributed by atoms with E-state index in [1.165, 1.54) is 15.3 Å². The third-order valence-electron chi connectivity index (χ3n) is 7.37. The fourth-order valence-corrected chi connectivity index (χ4v) is 6.71. The van der Waals surface area contributed by atoms with E-state index in [0.717, 1.165) is 24.8 Å².